The molecule has 2 aromatic heterocycles. The van der Waals surface area contributed by atoms with Crippen LogP contribution in [0.4, 0.5) is 25.8 Å². The maximum absolute atomic E-state index is 15.2. The minimum Gasteiger partial charge on any atom is -0.309 e. The molecule has 0 bridgehead atoms. The first-order chi connectivity index (χ1) is 23.2. The molecule has 0 atom stereocenters. The molecule has 9 rings (SSSR count). The van der Waals surface area contributed by atoms with Gasteiger partial charge in [0, 0.05) is 39.0 Å². The molecule has 0 aliphatic rings. The Morgan fingerprint density at radius 2 is 0.915 bits per heavy atom. The van der Waals surface area contributed by atoms with E-state index in [9.17, 15) is 0 Å². The fourth-order valence-corrected chi connectivity index (χ4v) is 7.14. The number of benzene rings is 7. The molecule has 5 heteroatoms. The van der Waals surface area contributed by atoms with Gasteiger partial charge in [0.2, 0.25) is 0 Å². The number of nitrogens with zero attached hydrogens (tertiary/aromatic N) is 3. The lowest BCUT2D eigenvalue weighted by Crippen LogP contribution is -2.13. The molecule has 47 heavy (non-hydrogen) atoms. The first kappa shape index (κ1) is 27.1. The van der Waals surface area contributed by atoms with Crippen LogP contribution in [0.25, 0.3) is 55.0 Å². The van der Waals surface area contributed by atoms with E-state index in [1.54, 1.807) is 0 Å². The van der Waals surface area contributed by atoms with E-state index in [-0.39, 0.29) is 0 Å². The van der Waals surface area contributed by atoms with Crippen molar-refractivity contribution in [2.75, 3.05) is 4.90 Å². The fraction of sp³-hybridized carbons (Fsp3) is 0. The van der Waals surface area contributed by atoms with E-state index in [1.807, 2.05) is 89.8 Å². The Labute approximate surface area is 269 Å². The second kappa shape index (κ2) is 10.7. The Bertz CT molecular complexity index is 2580. The molecule has 3 nitrogen and oxygen atoms in total. The summed E-state index contributed by atoms with van der Waals surface area (Å²) in [6, 6.07) is 53.2. The Hall–Kier alpha value is -6.20. The van der Waals surface area contributed by atoms with E-state index in [0.717, 1.165) is 72.4 Å². The zero-order chi connectivity index (χ0) is 31.5. The van der Waals surface area contributed by atoms with Crippen LogP contribution in [0.3, 0.4) is 0 Å². The summed E-state index contributed by atoms with van der Waals surface area (Å²) in [7, 11) is 0. The summed E-state index contributed by atoms with van der Waals surface area (Å²) in [5.41, 5.74) is 8.06. The number of halogens is 2. The van der Waals surface area contributed by atoms with E-state index < -0.39 is 11.6 Å². The van der Waals surface area contributed by atoms with Crippen LogP contribution in [-0.2, 0) is 0 Å². The average molecular weight is 612 g/mol. The van der Waals surface area contributed by atoms with Crippen molar-refractivity contribution < 1.29 is 8.78 Å². The zero-order valence-corrected chi connectivity index (χ0v) is 25.2. The molecule has 9 aromatic rings. The molecule has 0 aliphatic carbocycles. The molecule has 0 saturated carbocycles. The number of fused-ring (bicyclic) bond motifs is 6. The van der Waals surface area contributed by atoms with Crippen molar-refractivity contribution in [2.24, 2.45) is 0 Å². The standard InChI is InChI=1S/C42H27F2N3/c43-28-25-29(44)27-32(26-28)46(39-23-12-22-38-41(39)35-18-8-10-21-37(35)45(38)30-13-3-1-4-14-30)40-24-11-19-34-33-17-7-9-20-36(33)47(42(34)40)31-15-5-2-6-16-31/h1-27H. The second-order valence-electron chi connectivity index (χ2n) is 11.7. The summed E-state index contributed by atoms with van der Waals surface area (Å²) in [6.07, 6.45) is 0. The van der Waals surface area contributed by atoms with E-state index in [0.29, 0.717) is 5.69 Å². The lowest BCUT2D eigenvalue weighted by atomic mass is 10.1. The third-order valence-electron chi connectivity index (χ3n) is 8.97. The number of hydrogen-bond donors (Lipinski definition) is 0. The highest BCUT2D eigenvalue weighted by atomic mass is 19.1. The molecule has 0 spiro atoms. The van der Waals surface area contributed by atoms with Crippen LogP contribution in [0.5, 0.6) is 0 Å². The Kier molecular flexibility index (Phi) is 6.18. The highest BCUT2D eigenvalue weighted by molar-refractivity contribution is 6.19. The smallest absolute Gasteiger partial charge is 0.128 e. The summed E-state index contributed by atoms with van der Waals surface area (Å²) in [4.78, 5) is 2.01. The monoisotopic (exact) mass is 611 g/mol. The zero-order valence-electron chi connectivity index (χ0n) is 25.2. The molecule has 224 valence electrons. The van der Waals surface area contributed by atoms with Gasteiger partial charge in [0.15, 0.2) is 0 Å². The molecule has 0 unspecified atom stereocenters. The van der Waals surface area contributed by atoms with Gasteiger partial charge in [-0.2, -0.15) is 0 Å². The maximum Gasteiger partial charge on any atom is 0.128 e. The van der Waals surface area contributed by atoms with Crippen LogP contribution < -0.4 is 4.90 Å². The average Bonchev–Trinajstić information content (AvgIpc) is 3.63. The first-order valence-electron chi connectivity index (χ1n) is 15.6. The van der Waals surface area contributed by atoms with Crippen molar-refractivity contribution in [3.05, 3.63) is 175 Å². The van der Waals surface area contributed by atoms with Crippen molar-refractivity contribution >= 4 is 60.7 Å². The van der Waals surface area contributed by atoms with Crippen molar-refractivity contribution in [1.82, 2.24) is 9.13 Å². The molecular formula is C42H27F2N3. The fourth-order valence-electron chi connectivity index (χ4n) is 7.14. The summed E-state index contributed by atoms with van der Waals surface area (Å²) < 4.78 is 34.8. The van der Waals surface area contributed by atoms with Crippen LogP contribution in [0.2, 0.25) is 0 Å². The van der Waals surface area contributed by atoms with Crippen molar-refractivity contribution in [2.45, 2.75) is 0 Å². The van der Waals surface area contributed by atoms with Gasteiger partial charge >= 0.3 is 0 Å². The topological polar surface area (TPSA) is 13.1 Å². The molecule has 0 saturated heterocycles. The third kappa shape index (κ3) is 4.24. The molecule has 0 aliphatic heterocycles. The Morgan fingerprint density at radius 1 is 0.404 bits per heavy atom. The minimum absolute atomic E-state index is 0.393. The van der Waals surface area contributed by atoms with Gasteiger partial charge in [-0.05, 0) is 66.7 Å². The van der Waals surface area contributed by atoms with Gasteiger partial charge in [-0.15, -0.1) is 0 Å². The summed E-state index contributed by atoms with van der Waals surface area (Å²) in [5.74, 6) is -1.28. The van der Waals surface area contributed by atoms with Gasteiger partial charge in [0.1, 0.15) is 11.6 Å². The van der Waals surface area contributed by atoms with Crippen molar-refractivity contribution in [3.8, 4) is 11.4 Å². The van der Waals surface area contributed by atoms with Crippen LogP contribution in [0, 0.1) is 11.6 Å². The largest absolute Gasteiger partial charge is 0.309 e. The molecule has 0 fully saturated rings. The molecule has 7 aromatic carbocycles. The van der Waals surface area contributed by atoms with Crippen LogP contribution in [0.15, 0.2) is 164 Å². The van der Waals surface area contributed by atoms with E-state index >= 15 is 8.78 Å². The molecular weight excluding hydrogens is 584 g/mol. The lowest BCUT2D eigenvalue weighted by molar-refractivity contribution is 0.584. The van der Waals surface area contributed by atoms with E-state index in [2.05, 4.69) is 69.8 Å². The number of para-hydroxylation sites is 5. The minimum atomic E-state index is -0.639. The Balaban J connectivity index is 1.45. The number of hydrogen-bond acceptors (Lipinski definition) is 1. The normalized spacial score (nSPS) is 11.6. The van der Waals surface area contributed by atoms with Gasteiger partial charge < -0.3 is 14.0 Å². The number of aromatic nitrogens is 2. The summed E-state index contributed by atoms with van der Waals surface area (Å²) >= 11 is 0. The SMILES string of the molecule is Fc1cc(F)cc(N(c2cccc3c2c2ccccc2n3-c2ccccc2)c2cccc3c4ccccc4n(-c4ccccc4)c23)c1. The van der Waals surface area contributed by atoms with Gasteiger partial charge in [-0.3, -0.25) is 0 Å². The molecule has 2 heterocycles. The quantitative estimate of drug-likeness (QED) is 0.189. The van der Waals surface area contributed by atoms with E-state index in [4.69, 9.17) is 0 Å². The molecule has 0 N–H and O–H groups in total. The van der Waals surface area contributed by atoms with E-state index in [1.165, 1.54) is 12.1 Å². The van der Waals surface area contributed by atoms with Gasteiger partial charge in [-0.1, -0.05) is 91.0 Å². The van der Waals surface area contributed by atoms with Crippen molar-refractivity contribution in [1.29, 1.82) is 0 Å². The van der Waals surface area contributed by atoms with Crippen LogP contribution in [-0.4, -0.2) is 9.13 Å². The second-order valence-corrected chi connectivity index (χ2v) is 11.7. The molecule has 0 radical (unpaired) electrons. The van der Waals surface area contributed by atoms with Gasteiger partial charge in [0.05, 0.1) is 39.1 Å². The highest BCUT2D eigenvalue weighted by Crippen LogP contribution is 2.47. The maximum atomic E-state index is 15.2. The highest BCUT2D eigenvalue weighted by Gasteiger charge is 2.25. The predicted octanol–water partition coefficient (Wildman–Crippen LogP) is 11.6. The summed E-state index contributed by atoms with van der Waals surface area (Å²) in [5, 5.41) is 4.16. The first-order valence-corrected chi connectivity index (χ1v) is 15.6. The summed E-state index contributed by atoms with van der Waals surface area (Å²) in [6.45, 7) is 0. The predicted molar refractivity (Wildman–Crippen MR) is 190 cm³/mol. The van der Waals surface area contributed by atoms with Crippen LogP contribution in [0.1, 0.15) is 0 Å². The van der Waals surface area contributed by atoms with Gasteiger partial charge in [-0.25, -0.2) is 8.78 Å². The van der Waals surface area contributed by atoms with Crippen LogP contribution >= 0.6 is 0 Å². The number of rotatable bonds is 5. The van der Waals surface area contributed by atoms with Gasteiger partial charge in [0.25, 0.3) is 0 Å². The Morgan fingerprint density at radius 3 is 1.62 bits per heavy atom. The van der Waals surface area contributed by atoms with Crippen molar-refractivity contribution in [3.63, 3.8) is 0 Å². The molecule has 0 amide bonds. The third-order valence-corrected chi connectivity index (χ3v) is 8.97. The lowest BCUT2D eigenvalue weighted by Gasteiger charge is -2.28. The number of anilines is 3.